The monoisotopic (exact) mass is 787 g/mol. The summed E-state index contributed by atoms with van der Waals surface area (Å²) in [7, 11) is 0. The van der Waals surface area contributed by atoms with Crippen molar-refractivity contribution >= 4 is 90.1 Å². The molecule has 0 aliphatic heterocycles. The number of thiazole rings is 1. The molecular weight excluding hydrogens is 769 g/mol. The van der Waals surface area contributed by atoms with Gasteiger partial charge in [-0.25, -0.2) is 10.4 Å². The molecule has 0 aliphatic rings. The maximum absolute atomic E-state index is 12.7. The highest BCUT2D eigenvalue weighted by Crippen LogP contribution is 2.32. The molecule has 13 heteroatoms. The molecule has 1 heterocycles. The van der Waals surface area contributed by atoms with Crippen molar-refractivity contribution in [1.29, 1.82) is 0 Å². The van der Waals surface area contributed by atoms with Crippen molar-refractivity contribution in [3.63, 3.8) is 0 Å². The minimum absolute atomic E-state index is 0.0285. The summed E-state index contributed by atoms with van der Waals surface area (Å²) in [6.07, 6.45) is 1.55. The van der Waals surface area contributed by atoms with Gasteiger partial charge in [-0.1, -0.05) is 23.7 Å². The van der Waals surface area contributed by atoms with Crippen molar-refractivity contribution in [1.82, 2.24) is 10.4 Å². The number of carbonyl (C=O) groups excluding carboxylic acids is 1. The van der Waals surface area contributed by atoms with Crippen molar-refractivity contribution in [3.8, 4) is 17.0 Å². The van der Waals surface area contributed by atoms with Gasteiger partial charge in [-0.15, -0.1) is 11.3 Å². The highest BCUT2D eigenvalue weighted by Gasteiger charge is 2.11. The number of hydrogen-bond acceptors (Lipinski definition) is 8. The number of halogens is 3. The lowest BCUT2D eigenvalue weighted by Gasteiger charge is -2.11. The zero-order valence-electron chi connectivity index (χ0n) is 22.0. The molecular formula is C30H20BrClIN5O4S. The van der Waals surface area contributed by atoms with Gasteiger partial charge in [0.25, 0.3) is 11.6 Å². The molecule has 1 aromatic heterocycles. The smallest absolute Gasteiger partial charge is 0.271 e. The van der Waals surface area contributed by atoms with Gasteiger partial charge in [0, 0.05) is 39.3 Å². The van der Waals surface area contributed by atoms with E-state index in [1.807, 2.05) is 53.9 Å². The molecule has 9 nitrogen and oxygen atoms in total. The fourth-order valence-electron chi connectivity index (χ4n) is 3.80. The average Bonchev–Trinajstić information content (AvgIpc) is 3.46. The van der Waals surface area contributed by atoms with Gasteiger partial charge in [0.15, 0.2) is 5.13 Å². The zero-order chi connectivity index (χ0) is 30.3. The van der Waals surface area contributed by atoms with Crippen molar-refractivity contribution < 1.29 is 14.5 Å². The van der Waals surface area contributed by atoms with E-state index < -0.39 is 4.92 Å². The van der Waals surface area contributed by atoms with Crippen LogP contribution in [0, 0.1) is 13.7 Å². The predicted molar refractivity (Wildman–Crippen MR) is 182 cm³/mol. The lowest BCUT2D eigenvalue weighted by Crippen LogP contribution is -2.17. The number of carbonyl (C=O) groups is 1. The number of non-ortho nitro benzene ring substituents is 1. The van der Waals surface area contributed by atoms with E-state index in [1.165, 1.54) is 23.5 Å². The highest BCUT2D eigenvalue weighted by atomic mass is 127. The molecule has 5 aromatic rings. The Balaban J connectivity index is 1.15. The van der Waals surface area contributed by atoms with Gasteiger partial charge in [-0.3, -0.25) is 14.9 Å². The molecule has 43 heavy (non-hydrogen) atoms. The summed E-state index contributed by atoms with van der Waals surface area (Å²) in [5, 5.41) is 21.6. The van der Waals surface area contributed by atoms with Gasteiger partial charge >= 0.3 is 0 Å². The van der Waals surface area contributed by atoms with E-state index in [4.69, 9.17) is 16.3 Å². The number of nitro groups is 1. The van der Waals surface area contributed by atoms with Crippen LogP contribution in [0.2, 0.25) is 5.02 Å². The van der Waals surface area contributed by atoms with E-state index in [1.54, 1.807) is 30.5 Å². The molecule has 4 aromatic carbocycles. The van der Waals surface area contributed by atoms with Crippen molar-refractivity contribution in [3.05, 3.63) is 130 Å². The van der Waals surface area contributed by atoms with Gasteiger partial charge in [0.05, 0.1) is 24.9 Å². The topological polar surface area (TPSA) is 119 Å². The second-order valence-corrected chi connectivity index (χ2v) is 12.3. The van der Waals surface area contributed by atoms with Crippen LogP contribution in [0.25, 0.3) is 11.3 Å². The van der Waals surface area contributed by atoms with Crippen LogP contribution in [0.1, 0.15) is 21.5 Å². The Morgan fingerprint density at radius 3 is 2.49 bits per heavy atom. The lowest BCUT2D eigenvalue weighted by molar-refractivity contribution is -0.384. The lowest BCUT2D eigenvalue weighted by atomic mass is 10.1. The highest BCUT2D eigenvalue weighted by molar-refractivity contribution is 14.1. The number of amides is 1. The Morgan fingerprint density at radius 1 is 1.09 bits per heavy atom. The number of rotatable bonds is 10. The maximum Gasteiger partial charge on any atom is 0.271 e. The van der Waals surface area contributed by atoms with Crippen LogP contribution < -0.4 is 15.5 Å². The van der Waals surface area contributed by atoms with Crippen LogP contribution in [-0.4, -0.2) is 22.0 Å². The number of nitrogens with zero attached hydrogens (tertiary/aromatic N) is 3. The fourth-order valence-corrected chi connectivity index (χ4v) is 6.44. The third-order valence-corrected chi connectivity index (χ3v) is 8.37. The molecule has 0 aliphatic carbocycles. The maximum atomic E-state index is 12.7. The molecule has 0 spiro atoms. The summed E-state index contributed by atoms with van der Waals surface area (Å²) in [4.78, 5) is 27.7. The van der Waals surface area contributed by atoms with E-state index in [0.29, 0.717) is 20.8 Å². The van der Waals surface area contributed by atoms with Crippen LogP contribution in [0.5, 0.6) is 5.75 Å². The summed E-state index contributed by atoms with van der Waals surface area (Å²) in [5.74, 6) is 0.288. The number of benzene rings is 4. The van der Waals surface area contributed by atoms with E-state index >= 15 is 0 Å². The Kier molecular flexibility index (Phi) is 10.0. The summed E-state index contributed by atoms with van der Waals surface area (Å²) in [5.41, 5.74) is 7.17. The number of nitrogens with one attached hydrogen (secondary N) is 2. The van der Waals surface area contributed by atoms with Gasteiger partial charge in [0.2, 0.25) is 0 Å². The number of nitro benzene ring substituents is 1. The third-order valence-electron chi connectivity index (χ3n) is 5.97. The second-order valence-electron chi connectivity index (χ2n) is 8.97. The average molecular weight is 789 g/mol. The molecule has 1 amide bonds. The summed E-state index contributed by atoms with van der Waals surface area (Å²) in [6, 6.07) is 24.4. The molecule has 216 valence electrons. The van der Waals surface area contributed by atoms with E-state index in [0.717, 1.165) is 36.8 Å². The Bertz CT molecular complexity index is 1780. The summed E-state index contributed by atoms with van der Waals surface area (Å²) >= 11 is 13.1. The Labute approximate surface area is 277 Å². The number of ether oxygens (including phenoxy) is 1. The van der Waals surface area contributed by atoms with Crippen molar-refractivity contribution in [2.75, 3.05) is 5.32 Å². The normalized spacial score (nSPS) is 11.0. The van der Waals surface area contributed by atoms with E-state index in [9.17, 15) is 14.9 Å². The van der Waals surface area contributed by atoms with Gasteiger partial charge in [0.1, 0.15) is 12.4 Å². The first kappa shape index (κ1) is 30.6. The van der Waals surface area contributed by atoms with Gasteiger partial charge in [-0.05, 0) is 110 Å². The summed E-state index contributed by atoms with van der Waals surface area (Å²) in [6.45, 7) is 0.249. The van der Waals surface area contributed by atoms with Crippen LogP contribution in [-0.2, 0) is 6.61 Å². The SMILES string of the molecule is O=C(N/N=C\c1cc(Br)c(OCc2ccc([N+](=O)[O-])cc2)c(I)c1)c1ccc(-c2csc(Nc3ccc(Cl)cc3)n2)cc1. The predicted octanol–water partition coefficient (Wildman–Crippen LogP) is 8.83. The first-order valence-electron chi connectivity index (χ1n) is 12.5. The molecule has 0 fully saturated rings. The molecule has 0 atom stereocenters. The molecule has 2 N–H and O–H groups in total. The molecule has 0 bridgehead atoms. The van der Waals surface area contributed by atoms with Crippen LogP contribution in [0.15, 0.2) is 99.9 Å². The second kappa shape index (κ2) is 14.1. The molecule has 0 unspecified atom stereocenters. The first-order valence-corrected chi connectivity index (χ1v) is 15.7. The Morgan fingerprint density at radius 2 is 1.81 bits per heavy atom. The first-order chi connectivity index (χ1) is 20.7. The van der Waals surface area contributed by atoms with Crippen LogP contribution in [0.3, 0.4) is 0 Å². The quantitative estimate of drug-likeness (QED) is 0.0632. The van der Waals surface area contributed by atoms with Crippen LogP contribution in [0.4, 0.5) is 16.5 Å². The van der Waals surface area contributed by atoms with E-state index in [2.05, 4.69) is 59.3 Å². The molecule has 0 saturated carbocycles. The summed E-state index contributed by atoms with van der Waals surface area (Å²) < 4.78 is 7.46. The van der Waals surface area contributed by atoms with Crippen LogP contribution >= 0.6 is 61.5 Å². The Hall–Kier alpha value is -3.85. The van der Waals surface area contributed by atoms with Gasteiger partial charge < -0.3 is 10.1 Å². The van der Waals surface area contributed by atoms with Crippen molar-refractivity contribution in [2.24, 2.45) is 5.10 Å². The minimum Gasteiger partial charge on any atom is -0.487 e. The van der Waals surface area contributed by atoms with Gasteiger partial charge in [-0.2, -0.15) is 5.10 Å². The zero-order valence-corrected chi connectivity index (χ0v) is 27.3. The fraction of sp³-hybridized carbons (Fsp3) is 0.0333. The molecule has 5 rings (SSSR count). The molecule has 0 radical (unpaired) electrons. The number of anilines is 2. The number of hydrazone groups is 1. The van der Waals surface area contributed by atoms with Crippen molar-refractivity contribution in [2.45, 2.75) is 6.61 Å². The standard InChI is InChI=1S/C30H20BrClIN5O4S/c31-25-13-19(14-26(33)28(25)42-16-18-1-11-24(12-2-18)38(40)41)15-34-37-29(39)21-5-3-20(4-6-21)27-17-43-30(36-27)35-23-9-7-22(32)8-10-23/h1-15,17H,16H2,(H,35,36)(H,37,39)/b34-15-. The number of hydrogen-bond donors (Lipinski definition) is 2. The van der Waals surface area contributed by atoms with E-state index in [-0.39, 0.29) is 18.2 Å². The number of aromatic nitrogens is 1. The largest absolute Gasteiger partial charge is 0.487 e. The molecule has 0 saturated heterocycles. The third kappa shape index (κ3) is 8.16. The minimum atomic E-state index is -0.440.